The SMILES string of the molecule is Cc1nc2ccccc2n1[C@@H]1C[C@H]2CC[C@@H](C1)N2CC[C@H](NC(=O)C1CN(C)C1)c1ccccc1. The number of imidazole rings is 1. The van der Waals surface area contributed by atoms with Crippen molar-refractivity contribution in [2.75, 3.05) is 26.7 Å². The fraction of sp³-hybridized carbons (Fsp3) is 0.517. The summed E-state index contributed by atoms with van der Waals surface area (Å²) in [7, 11) is 2.08. The van der Waals surface area contributed by atoms with Crippen LogP contribution < -0.4 is 5.32 Å². The van der Waals surface area contributed by atoms with E-state index >= 15 is 0 Å². The van der Waals surface area contributed by atoms with Gasteiger partial charge in [-0.2, -0.15) is 0 Å². The largest absolute Gasteiger partial charge is 0.349 e. The van der Waals surface area contributed by atoms with E-state index in [9.17, 15) is 4.79 Å². The molecule has 184 valence electrons. The van der Waals surface area contributed by atoms with E-state index < -0.39 is 0 Å². The number of aromatic nitrogens is 2. The van der Waals surface area contributed by atoms with Gasteiger partial charge in [-0.15, -0.1) is 0 Å². The summed E-state index contributed by atoms with van der Waals surface area (Å²) < 4.78 is 2.50. The second-order valence-electron chi connectivity index (χ2n) is 10.9. The molecule has 0 saturated carbocycles. The van der Waals surface area contributed by atoms with Gasteiger partial charge in [-0.25, -0.2) is 4.98 Å². The maximum atomic E-state index is 12.9. The predicted molar refractivity (Wildman–Crippen MR) is 139 cm³/mol. The van der Waals surface area contributed by atoms with Crippen LogP contribution in [0.5, 0.6) is 0 Å². The summed E-state index contributed by atoms with van der Waals surface area (Å²) in [6.45, 7) is 4.93. The molecule has 3 aliphatic rings. The smallest absolute Gasteiger partial charge is 0.226 e. The van der Waals surface area contributed by atoms with Crippen molar-refractivity contribution in [3.63, 3.8) is 0 Å². The summed E-state index contributed by atoms with van der Waals surface area (Å²) in [4.78, 5) is 22.7. The fourth-order valence-corrected chi connectivity index (χ4v) is 6.89. The van der Waals surface area contributed by atoms with Gasteiger partial charge >= 0.3 is 0 Å². The van der Waals surface area contributed by atoms with Crippen molar-refractivity contribution in [1.29, 1.82) is 0 Å². The normalized spacial score (nSPS) is 26.1. The van der Waals surface area contributed by atoms with Crippen molar-refractivity contribution >= 4 is 16.9 Å². The third kappa shape index (κ3) is 4.38. The van der Waals surface area contributed by atoms with Gasteiger partial charge in [0, 0.05) is 37.8 Å². The molecule has 4 atom stereocenters. The van der Waals surface area contributed by atoms with E-state index in [2.05, 4.69) is 88.3 Å². The van der Waals surface area contributed by atoms with Gasteiger partial charge in [0.25, 0.3) is 0 Å². The third-order valence-corrected chi connectivity index (χ3v) is 8.63. The molecule has 2 aromatic carbocycles. The van der Waals surface area contributed by atoms with E-state index in [-0.39, 0.29) is 17.9 Å². The standard InChI is InChI=1S/C29H37N5O/c1-20-30-27-10-6-7-11-28(27)34(20)25-16-23-12-13-24(17-25)33(23)15-14-26(21-8-4-3-5-9-21)31-29(35)22-18-32(2)19-22/h3-11,22-26H,12-19H2,1-2H3,(H,31,35)/t23-,24+,25-,26-/m0/s1. The number of hydrogen-bond acceptors (Lipinski definition) is 4. The number of fused-ring (bicyclic) bond motifs is 3. The highest BCUT2D eigenvalue weighted by Crippen LogP contribution is 2.42. The van der Waals surface area contributed by atoms with Crippen molar-refractivity contribution in [3.8, 4) is 0 Å². The molecular weight excluding hydrogens is 434 g/mol. The van der Waals surface area contributed by atoms with Crippen molar-refractivity contribution in [3.05, 3.63) is 66.0 Å². The number of nitrogens with one attached hydrogen (secondary N) is 1. The molecule has 3 saturated heterocycles. The van der Waals surface area contributed by atoms with Crippen LogP contribution in [0.2, 0.25) is 0 Å². The predicted octanol–water partition coefficient (Wildman–Crippen LogP) is 4.32. The number of aryl methyl sites for hydroxylation is 1. The maximum Gasteiger partial charge on any atom is 0.226 e. The number of hydrogen-bond donors (Lipinski definition) is 1. The molecule has 1 N–H and O–H groups in total. The summed E-state index contributed by atoms with van der Waals surface area (Å²) in [5.41, 5.74) is 3.60. The third-order valence-electron chi connectivity index (χ3n) is 8.63. The van der Waals surface area contributed by atoms with Gasteiger partial charge in [0.1, 0.15) is 5.82 Å². The number of nitrogens with zero attached hydrogens (tertiary/aromatic N) is 4. The molecule has 6 rings (SSSR count). The van der Waals surface area contributed by atoms with Gasteiger partial charge in [-0.3, -0.25) is 9.69 Å². The van der Waals surface area contributed by atoms with E-state index in [4.69, 9.17) is 4.98 Å². The van der Waals surface area contributed by atoms with Gasteiger partial charge in [0.2, 0.25) is 5.91 Å². The number of para-hydroxylation sites is 2. The summed E-state index contributed by atoms with van der Waals surface area (Å²) in [6.07, 6.45) is 5.90. The van der Waals surface area contributed by atoms with Crippen molar-refractivity contribution in [2.24, 2.45) is 5.92 Å². The number of rotatable bonds is 7. The second-order valence-corrected chi connectivity index (χ2v) is 10.9. The van der Waals surface area contributed by atoms with Crippen LogP contribution in [0.15, 0.2) is 54.6 Å². The Morgan fingerprint density at radius 3 is 2.40 bits per heavy atom. The highest BCUT2D eigenvalue weighted by molar-refractivity contribution is 5.80. The number of amides is 1. The summed E-state index contributed by atoms with van der Waals surface area (Å²) in [5.74, 6) is 1.48. The lowest BCUT2D eigenvalue weighted by molar-refractivity contribution is -0.130. The molecular formula is C29H37N5O. The van der Waals surface area contributed by atoms with Crippen LogP contribution in [0, 0.1) is 12.8 Å². The monoisotopic (exact) mass is 471 g/mol. The van der Waals surface area contributed by atoms with E-state index in [1.54, 1.807) is 0 Å². The minimum atomic E-state index is 0.0755. The Morgan fingerprint density at radius 2 is 1.69 bits per heavy atom. The maximum absolute atomic E-state index is 12.9. The van der Waals surface area contributed by atoms with Crippen molar-refractivity contribution in [2.45, 2.75) is 63.2 Å². The van der Waals surface area contributed by atoms with Crippen LogP contribution >= 0.6 is 0 Å². The minimum Gasteiger partial charge on any atom is -0.349 e. The van der Waals surface area contributed by atoms with Crippen LogP contribution in [-0.4, -0.2) is 64.0 Å². The topological polar surface area (TPSA) is 53.4 Å². The molecule has 6 heteroatoms. The molecule has 1 aromatic heterocycles. The van der Waals surface area contributed by atoms with Crippen LogP contribution in [0.4, 0.5) is 0 Å². The zero-order chi connectivity index (χ0) is 23.9. The molecule has 3 aliphatic heterocycles. The molecule has 6 nitrogen and oxygen atoms in total. The van der Waals surface area contributed by atoms with Crippen LogP contribution in [0.1, 0.15) is 55.6 Å². The molecule has 3 aromatic rings. The number of piperidine rings is 1. The van der Waals surface area contributed by atoms with Crippen LogP contribution in [0.25, 0.3) is 11.0 Å². The molecule has 0 aliphatic carbocycles. The summed E-state index contributed by atoms with van der Waals surface area (Å²) in [5, 5.41) is 3.40. The Morgan fingerprint density at radius 1 is 1.00 bits per heavy atom. The molecule has 35 heavy (non-hydrogen) atoms. The number of carbonyl (C=O) groups excluding carboxylic acids is 1. The molecule has 2 bridgehead atoms. The highest BCUT2D eigenvalue weighted by atomic mass is 16.2. The lowest BCUT2D eigenvalue weighted by atomic mass is 9.94. The van der Waals surface area contributed by atoms with Gasteiger partial charge in [0.15, 0.2) is 0 Å². The first kappa shape index (κ1) is 22.7. The Bertz CT molecular complexity index is 1170. The average Bonchev–Trinajstić information content (AvgIpc) is 3.30. The molecule has 0 spiro atoms. The molecule has 0 radical (unpaired) electrons. The van der Waals surface area contributed by atoms with Gasteiger partial charge in [-0.05, 0) is 63.8 Å². The van der Waals surface area contributed by atoms with Crippen LogP contribution in [0.3, 0.4) is 0 Å². The Hall–Kier alpha value is -2.70. The Labute approximate surface area is 208 Å². The lowest BCUT2D eigenvalue weighted by Crippen LogP contribution is -2.52. The first-order valence-electron chi connectivity index (χ1n) is 13.3. The van der Waals surface area contributed by atoms with Crippen molar-refractivity contribution in [1.82, 2.24) is 24.7 Å². The zero-order valence-electron chi connectivity index (χ0n) is 20.9. The quantitative estimate of drug-likeness (QED) is 0.558. The van der Waals surface area contributed by atoms with Gasteiger partial charge in [-0.1, -0.05) is 42.5 Å². The number of likely N-dealkylation sites (tertiary alicyclic amines) is 1. The first-order valence-corrected chi connectivity index (χ1v) is 13.3. The summed E-state index contributed by atoms with van der Waals surface area (Å²) in [6, 6.07) is 20.9. The Balaban J connectivity index is 1.14. The number of carbonyl (C=O) groups is 1. The van der Waals surface area contributed by atoms with Crippen LogP contribution in [-0.2, 0) is 4.79 Å². The minimum absolute atomic E-state index is 0.0755. The summed E-state index contributed by atoms with van der Waals surface area (Å²) >= 11 is 0. The highest BCUT2D eigenvalue weighted by Gasteiger charge is 2.42. The average molecular weight is 472 g/mol. The van der Waals surface area contributed by atoms with Gasteiger partial charge < -0.3 is 14.8 Å². The second kappa shape index (κ2) is 9.40. The molecule has 4 heterocycles. The zero-order valence-corrected chi connectivity index (χ0v) is 20.9. The first-order chi connectivity index (χ1) is 17.1. The molecule has 0 unspecified atom stereocenters. The Kier molecular flexibility index (Phi) is 6.11. The van der Waals surface area contributed by atoms with Gasteiger partial charge in [0.05, 0.1) is 23.0 Å². The van der Waals surface area contributed by atoms with E-state index in [1.165, 1.54) is 36.8 Å². The van der Waals surface area contributed by atoms with E-state index in [1.807, 2.05) is 0 Å². The van der Waals surface area contributed by atoms with E-state index in [0.29, 0.717) is 18.1 Å². The molecule has 1 amide bonds. The fourth-order valence-electron chi connectivity index (χ4n) is 6.89. The van der Waals surface area contributed by atoms with Crippen molar-refractivity contribution < 1.29 is 4.79 Å². The lowest BCUT2D eigenvalue weighted by Gasteiger charge is -2.41. The molecule has 3 fully saturated rings. The van der Waals surface area contributed by atoms with E-state index in [0.717, 1.165) is 37.4 Å². The number of benzene rings is 2.